The Morgan fingerprint density at radius 2 is 1.81 bits per heavy atom. The number of rotatable bonds is 10. The van der Waals surface area contributed by atoms with E-state index in [1.165, 1.54) is 5.69 Å². The molecule has 0 bridgehead atoms. The molecule has 140 valence electrons. The van der Waals surface area contributed by atoms with E-state index in [9.17, 15) is 4.79 Å². The second-order valence-electron chi connectivity index (χ2n) is 6.17. The number of hydrogen-bond donors (Lipinski definition) is 1. The van der Waals surface area contributed by atoms with Gasteiger partial charge in [0.1, 0.15) is 11.5 Å². The summed E-state index contributed by atoms with van der Waals surface area (Å²) >= 11 is 0. The molecule has 0 aliphatic heterocycles. The maximum atomic E-state index is 12.1. The van der Waals surface area contributed by atoms with Crippen LogP contribution in [0.4, 0.5) is 5.69 Å². The second kappa shape index (κ2) is 10.3. The van der Waals surface area contributed by atoms with Gasteiger partial charge in [-0.15, -0.1) is 0 Å². The molecule has 5 nitrogen and oxygen atoms in total. The van der Waals surface area contributed by atoms with Gasteiger partial charge in [-0.05, 0) is 31.0 Å². The van der Waals surface area contributed by atoms with Crippen molar-refractivity contribution in [2.24, 2.45) is 0 Å². The van der Waals surface area contributed by atoms with Crippen LogP contribution in [0.1, 0.15) is 18.4 Å². The van der Waals surface area contributed by atoms with Gasteiger partial charge in [0, 0.05) is 37.5 Å². The van der Waals surface area contributed by atoms with Crippen molar-refractivity contribution in [3.63, 3.8) is 0 Å². The lowest BCUT2D eigenvalue weighted by Crippen LogP contribution is -2.27. The third kappa shape index (κ3) is 5.99. The third-order valence-corrected chi connectivity index (χ3v) is 4.28. The van der Waals surface area contributed by atoms with Gasteiger partial charge in [0.2, 0.25) is 5.91 Å². The van der Waals surface area contributed by atoms with Crippen LogP contribution in [0.5, 0.6) is 11.5 Å². The molecule has 0 aromatic heterocycles. The van der Waals surface area contributed by atoms with Gasteiger partial charge in [-0.2, -0.15) is 0 Å². The van der Waals surface area contributed by atoms with Crippen LogP contribution in [-0.4, -0.2) is 40.3 Å². The minimum Gasteiger partial charge on any atom is -0.497 e. The molecule has 0 saturated heterocycles. The third-order valence-electron chi connectivity index (χ3n) is 4.28. The summed E-state index contributed by atoms with van der Waals surface area (Å²) in [5.41, 5.74) is 2.07. The average molecular weight is 356 g/mol. The van der Waals surface area contributed by atoms with Crippen LogP contribution in [0.25, 0.3) is 0 Å². The fourth-order valence-corrected chi connectivity index (χ4v) is 2.75. The monoisotopic (exact) mass is 356 g/mol. The van der Waals surface area contributed by atoms with E-state index in [0.717, 1.165) is 24.9 Å². The second-order valence-corrected chi connectivity index (χ2v) is 6.17. The topological polar surface area (TPSA) is 50.8 Å². The molecule has 2 aromatic rings. The molecule has 2 rings (SSSR count). The summed E-state index contributed by atoms with van der Waals surface area (Å²) in [5.74, 6) is 1.39. The van der Waals surface area contributed by atoms with Crippen LogP contribution in [0.3, 0.4) is 0 Å². The average Bonchev–Trinajstić information content (AvgIpc) is 2.68. The number of hydrogen-bond acceptors (Lipinski definition) is 4. The number of para-hydroxylation sites is 1. The molecule has 2 aromatic carbocycles. The number of carbonyl (C=O) groups excluding carboxylic acids is 1. The number of methoxy groups -OCH3 is 2. The van der Waals surface area contributed by atoms with E-state index in [0.29, 0.717) is 24.5 Å². The van der Waals surface area contributed by atoms with Crippen LogP contribution < -0.4 is 19.7 Å². The van der Waals surface area contributed by atoms with E-state index in [1.807, 2.05) is 30.3 Å². The van der Waals surface area contributed by atoms with Crippen molar-refractivity contribution in [3.05, 3.63) is 54.1 Å². The summed E-state index contributed by atoms with van der Waals surface area (Å²) in [6.07, 6.45) is 2.28. The lowest BCUT2D eigenvalue weighted by Gasteiger charge is -2.19. The van der Waals surface area contributed by atoms with Gasteiger partial charge in [0.25, 0.3) is 0 Å². The molecule has 0 unspecified atom stereocenters. The van der Waals surface area contributed by atoms with Crippen LogP contribution >= 0.6 is 0 Å². The SMILES string of the molecule is COc1ccc(CC(=O)NCCCCN(C)c2ccccc2)c(OC)c1. The Kier molecular flexibility index (Phi) is 7.80. The maximum absolute atomic E-state index is 12.1. The molecule has 1 amide bonds. The molecule has 0 atom stereocenters. The van der Waals surface area contributed by atoms with Gasteiger partial charge in [-0.1, -0.05) is 24.3 Å². The predicted octanol–water partition coefficient (Wildman–Crippen LogP) is 3.28. The Labute approximate surface area is 155 Å². The maximum Gasteiger partial charge on any atom is 0.224 e. The summed E-state index contributed by atoms with van der Waals surface area (Å²) in [7, 11) is 5.29. The van der Waals surface area contributed by atoms with Crippen molar-refractivity contribution < 1.29 is 14.3 Å². The first-order valence-corrected chi connectivity index (χ1v) is 8.88. The van der Waals surface area contributed by atoms with Crippen molar-refractivity contribution >= 4 is 11.6 Å². The molecule has 26 heavy (non-hydrogen) atoms. The first kappa shape index (κ1) is 19.6. The van der Waals surface area contributed by atoms with Crippen LogP contribution in [0.2, 0.25) is 0 Å². The molecule has 1 N–H and O–H groups in total. The number of unbranched alkanes of at least 4 members (excludes halogenated alkanes) is 1. The standard InChI is InChI=1S/C21H28N2O3/c1-23(18-9-5-4-6-10-18)14-8-7-13-22-21(24)15-17-11-12-19(25-2)16-20(17)26-3/h4-6,9-12,16H,7-8,13-15H2,1-3H3,(H,22,24). The predicted molar refractivity (Wildman–Crippen MR) is 105 cm³/mol. The van der Waals surface area contributed by atoms with Crippen molar-refractivity contribution in [1.29, 1.82) is 0 Å². The highest BCUT2D eigenvalue weighted by Crippen LogP contribution is 2.24. The quantitative estimate of drug-likeness (QED) is 0.664. The Morgan fingerprint density at radius 1 is 1.04 bits per heavy atom. The van der Waals surface area contributed by atoms with Crippen molar-refractivity contribution in [3.8, 4) is 11.5 Å². The molecule has 0 saturated carbocycles. The van der Waals surface area contributed by atoms with Gasteiger partial charge in [0.15, 0.2) is 0 Å². The number of nitrogens with zero attached hydrogens (tertiary/aromatic N) is 1. The number of amides is 1. The van der Waals surface area contributed by atoms with Gasteiger partial charge < -0.3 is 19.7 Å². The first-order chi connectivity index (χ1) is 12.6. The Morgan fingerprint density at radius 3 is 2.50 bits per heavy atom. The molecule has 0 spiro atoms. The smallest absolute Gasteiger partial charge is 0.224 e. The summed E-state index contributed by atoms with van der Waals surface area (Å²) in [6, 6.07) is 15.8. The summed E-state index contributed by atoms with van der Waals surface area (Å²) < 4.78 is 10.5. The molecule has 0 fully saturated rings. The molecule has 0 heterocycles. The van der Waals surface area contributed by atoms with E-state index in [1.54, 1.807) is 20.3 Å². The van der Waals surface area contributed by atoms with E-state index in [2.05, 4.69) is 29.4 Å². The molecule has 5 heteroatoms. The Bertz CT molecular complexity index is 689. The summed E-state index contributed by atoms with van der Waals surface area (Å²) in [6.45, 7) is 1.64. The first-order valence-electron chi connectivity index (χ1n) is 8.88. The van der Waals surface area contributed by atoms with Crippen molar-refractivity contribution in [2.45, 2.75) is 19.3 Å². The lowest BCUT2D eigenvalue weighted by atomic mass is 10.1. The largest absolute Gasteiger partial charge is 0.497 e. The molecular weight excluding hydrogens is 328 g/mol. The minimum atomic E-state index is 0.00452. The van der Waals surface area contributed by atoms with Crippen LogP contribution in [-0.2, 0) is 11.2 Å². The number of nitrogens with one attached hydrogen (secondary N) is 1. The van der Waals surface area contributed by atoms with E-state index >= 15 is 0 Å². The summed E-state index contributed by atoms with van der Waals surface area (Å²) in [5, 5.41) is 2.98. The van der Waals surface area contributed by atoms with E-state index in [4.69, 9.17) is 9.47 Å². The molecule has 0 aliphatic carbocycles. The molecule has 0 radical (unpaired) electrons. The number of anilines is 1. The van der Waals surface area contributed by atoms with E-state index in [-0.39, 0.29) is 5.91 Å². The molecule has 0 aliphatic rings. The van der Waals surface area contributed by atoms with Gasteiger partial charge in [-0.3, -0.25) is 4.79 Å². The summed E-state index contributed by atoms with van der Waals surface area (Å²) in [4.78, 5) is 14.4. The van der Waals surface area contributed by atoms with Crippen molar-refractivity contribution in [1.82, 2.24) is 5.32 Å². The Balaban J connectivity index is 1.69. The fourth-order valence-electron chi connectivity index (χ4n) is 2.75. The molecular formula is C21H28N2O3. The highest BCUT2D eigenvalue weighted by Gasteiger charge is 2.09. The van der Waals surface area contributed by atoms with Gasteiger partial charge in [-0.25, -0.2) is 0 Å². The normalized spacial score (nSPS) is 10.3. The van der Waals surface area contributed by atoms with Crippen LogP contribution in [0, 0.1) is 0 Å². The number of carbonyl (C=O) groups is 1. The number of benzene rings is 2. The fraction of sp³-hybridized carbons (Fsp3) is 0.381. The highest BCUT2D eigenvalue weighted by atomic mass is 16.5. The lowest BCUT2D eigenvalue weighted by molar-refractivity contribution is -0.120. The van der Waals surface area contributed by atoms with Crippen molar-refractivity contribution in [2.75, 3.05) is 39.3 Å². The zero-order chi connectivity index (χ0) is 18.8. The van der Waals surface area contributed by atoms with Gasteiger partial charge in [0.05, 0.1) is 20.6 Å². The van der Waals surface area contributed by atoms with E-state index < -0.39 is 0 Å². The highest BCUT2D eigenvalue weighted by molar-refractivity contribution is 5.79. The zero-order valence-electron chi connectivity index (χ0n) is 15.8. The number of ether oxygens (including phenoxy) is 2. The zero-order valence-corrected chi connectivity index (χ0v) is 15.8. The van der Waals surface area contributed by atoms with Crippen LogP contribution in [0.15, 0.2) is 48.5 Å². The van der Waals surface area contributed by atoms with Gasteiger partial charge >= 0.3 is 0 Å². The Hall–Kier alpha value is -2.69. The minimum absolute atomic E-state index is 0.00452.